The molecule has 0 heterocycles. The summed E-state index contributed by atoms with van der Waals surface area (Å²) in [5, 5.41) is 26.0. The Bertz CT molecular complexity index is 1920. The SMILES string of the molecule is C[Si](C)(C)[N-][Si](C)(C)C.Cc1cccc(C)c1N=Cc1cc(C(C)(C)C)cc(C(C)(C)C)c1[O-].Cc1cccc(C)c1N=Cc1cc(C(C)(C)C)cc(C(C)(C)C)c1[O-].[Y+3]. The average Bonchev–Trinajstić information content (AvgIpc) is 3.02. The summed E-state index contributed by atoms with van der Waals surface area (Å²) in [6, 6.07) is 20.4. The Morgan fingerprint density at radius 1 is 0.467 bits per heavy atom. The molecule has 60 heavy (non-hydrogen) atoms. The van der Waals surface area contributed by atoms with E-state index in [1.165, 1.54) is 11.1 Å². The number of hydrogen-bond donors (Lipinski definition) is 0. The van der Waals surface area contributed by atoms with E-state index in [0.717, 1.165) is 44.8 Å². The third-order valence-corrected chi connectivity index (χ3v) is 15.2. The van der Waals surface area contributed by atoms with E-state index >= 15 is 0 Å². The van der Waals surface area contributed by atoms with Crippen LogP contribution in [0.5, 0.6) is 11.5 Å². The fourth-order valence-corrected chi connectivity index (χ4v) is 14.8. The first kappa shape index (κ1) is 55.3. The Labute approximate surface area is 394 Å². The van der Waals surface area contributed by atoms with Crippen molar-refractivity contribution < 1.29 is 42.9 Å². The number of para-hydroxylation sites is 2. The largest absolute Gasteiger partial charge is 3.00 e. The molecule has 0 radical (unpaired) electrons. The van der Waals surface area contributed by atoms with Crippen molar-refractivity contribution in [2.45, 2.75) is 172 Å². The van der Waals surface area contributed by atoms with Crippen LogP contribution >= 0.6 is 0 Å². The number of nitrogens with zero attached hydrogens (tertiary/aromatic N) is 3. The van der Waals surface area contributed by atoms with Crippen LogP contribution in [0.4, 0.5) is 11.4 Å². The van der Waals surface area contributed by atoms with Crippen LogP contribution in [-0.2, 0) is 54.4 Å². The van der Waals surface area contributed by atoms with Gasteiger partial charge in [0.2, 0.25) is 0 Å². The Hall–Kier alpha value is -2.68. The first-order valence-electron chi connectivity index (χ1n) is 21.2. The van der Waals surface area contributed by atoms with Gasteiger partial charge in [-0.1, -0.05) is 211 Å². The van der Waals surface area contributed by atoms with Crippen LogP contribution in [0.3, 0.4) is 0 Å². The first-order valence-corrected chi connectivity index (χ1v) is 28.1. The minimum Gasteiger partial charge on any atom is -0.872 e. The average molecular weight is 922 g/mol. The number of hydrogen-bond acceptors (Lipinski definition) is 4. The topological polar surface area (TPSA) is 84.9 Å². The maximum atomic E-state index is 13.0. The van der Waals surface area contributed by atoms with Crippen molar-refractivity contribution >= 4 is 40.3 Å². The Balaban J connectivity index is 0.000000493. The summed E-state index contributed by atoms with van der Waals surface area (Å²) in [5.74, 6) is 0.158. The quantitative estimate of drug-likeness (QED) is 0.143. The van der Waals surface area contributed by atoms with Gasteiger partial charge in [0.1, 0.15) is 0 Å². The van der Waals surface area contributed by atoms with Gasteiger partial charge in [0.05, 0.1) is 11.4 Å². The Morgan fingerprint density at radius 3 is 0.933 bits per heavy atom. The van der Waals surface area contributed by atoms with Crippen LogP contribution in [-0.4, -0.2) is 28.9 Å². The summed E-state index contributed by atoms with van der Waals surface area (Å²) in [7, 11) is -2.21. The van der Waals surface area contributed by atoms with Gasteiger partial charge in [0.15, 0.2) is 0 Å². The van der Waals surface area contributed by atoms with E-state index in [2.05, 4.69) is 144 Å². The van der Waals surface area contributed by atoms with Crippen LogP contribution in [0.15, 0.2) is 70.6 Å². The van der Waals surface area contributed by atoms with Crippen LogP contribution in [0.1, 0.15) is 139 Å². The van der Waals surface area contributed by atoms with Crippen LogP contribution in [0.25, 0.3) is 4.65 Å². The predicted octanol–water partition coefficient (Wildman–Crippen LogP) is 14.5. The molecule has 0 aliphatic rings. The molecule has 0 bridgehead atoms. The molecule has 0 amide bonds. The van der Waals surface area contributed by atoms with Crippen LogP contribution < -0.4 is 10.2 Å². The zero-order valence-corrected chi connectivity index (χ0v) is 46.5. The second-order valence-electron chi connectivity index (χ2n) is 22.3. The zero-order valence-electron chi connectivity index (χ0n) is 41.7. The maximum absolute atomic E-state index is 13.0. The minimum atomic E-state index is -1.11. The monoisotopic (exact) mass is 921 g/mol. The predicted molar refractivity (Wildman–Crippen MR) is 263 cm³/mol. The van der Waals surface area contributed by atoms with Gasteiger partial charge < -0.3 is 14.9 Å². The molecule has 0 unspecified atom stereocenters. The third-order valence-electron chi connectivity index (χ3n) is 9.80. The minimum absolute atomic E-state index is 0. The van der Waals surface area contributed by atoms with Gasteiger partial charge >= 0.3 is 32.7 Å². The number of rotatable bonds is 6. The van der Waals surface area contributed by atoms with Crippen molar-refractivity contribution in [1.29, 1.82) is 0 Å². The molecular formula is C52H78N3O2Si2Y. The fraction of sp³-hybridized carbons (Fsp3) is 0.500. The van der Waals surface area contributed by atoms with E-state index in [4.69, 9.17) is 4.65 Å². The van der Waals surface area contributed by atoms with Crippen molar-refractivity contribution in [3.05, 3.63) is 121 Å². The van der Waals surface area contributed by atoms with Crippen LogP contribution in [0.2, 0.25) is 39.3 Å². The molecule has 324 valence electrons. The van der Waals surface area contributed by atoms with E-state index in [1.807, 2.05) is 76.2 Å². The molecule has 0 saturated carbocycles. The number of aliphatic imine (C=N–C) groups is 2. The third kappa shape index (κ3) is 17.2. The van der Waals surface area contributed by atoms with Gasteiger partial charge in [0.25, 0.3) is 0 Å². The molecule has 0 aromatic heterocycles. The molecule has 0 saturated heterocycles. The molecule has 5 nitrogen and oxygen atoms in total. The van der Waals surface area contributed by atoms with Gasteiger partial charge in [0, 0.05) is 12.4 Å². The number of aryl methyl sites for hydroxylation is 4. The van der Waals surface area contributed by atoms with Gasteiger partial charge in [-0.05, 0) is 105 Å². The van der Waals surface area contributed by atoms with E-state index in [9.17, 15) is 10.2 Å². The molecule has 0 aliphatic carbocycles. The van der Waals surface area contributed by atoms with Gasteiger partial charge in [-0.15, -0.1) is 0 Å². The van der Waals surface area contributed by atoms with Crippen molar-refractivity contribution in [3.63, 3.8) is 0 Å². The van der Waals surface area contributed by atoms with Crippen LogP contribution in [0, 0.1) is 27.7 Å². The smallest absolute Gasteiger partial charge is 0.872 e. The van der Waals surface area contributed by atoms with Crippen molar-refractivity contribution in [3.8, 4) is 11.5 Å². The molecule has 4 aromatic carbocycles. The summed E-state index contributed by atoms with van der Waals surface area (Å²) >= 11 is 0. The molecule has 0 aliphatic heterocycles. The number of benzene rings is 4. The normalized spacial score (nSPS) is 12.8. The molecule has 0 N–H and O–H groups in total. The second-order valence-corrected chi connectivity index (χ2v) is 31.9. The first-order chi connectivity index (χ1) is 26.5. The standard InChI is InChI=1S/2C23H31NO.C6H18NSi2.Y/c2*1-15-10-9-11-16(2)20(15)24-14-17-12-18(22(3,4)5)13-19(21(17)25)23(6,7)8;1-8(2,3)7-9(4,5)6;/h2*9-14,25H,1-8H3;1-6H3;/q;;-1;+3/p-2. The molecule has 0 spiro atoms. The maximum Gasteiger partial charge on any atom is 3.00 e. The van der Waals surface area contributed by atoms with E-state index in [0.29, 0.717) is 11.1 Å². The van der Waals surface area contributed by atoms with E-state index in [-0.39, 0.29) is 65.9 Å². The molecule has 4 aromatic rings. The molecule has 8 heteroatoms. The Kier molecular flexibility index (Phi) is 19.5. The summed E-state index contributed by atoms with van der Waals surface area (Å²) in [6.45, 7) is 47.5. The van der Waals surface area contributed by atoms with Crippen molar-refractivity contribution in [2.75, 3.05) is 0 Å². The van der Waals surface area contributed by atoms with Crippen molar-refractivity contribution in [1.82, 2.24) is 0 Å². The summed E-state index contributed by atoms with van der Waals surface area (Å²) in [5.41, 5.74) is 11.3. The zero-order chi connectivity index (χ0) is 45.7. The summed E-state index contributed by atoms with van der Waals surface area (Å²) < 4.78 is 4.82. The summed E-state index contributed by atoms with van der Waals surface area (Å²) in [4.78, 5) is 9.32. The van der Waals surface area contributed by atoms with Gasteiger partial charge in [-0.2, -0.15) is 0 Å². The molecule has 0 atom stereocenters. The molecular weight excluding hydrogens is 844 g/mol. The van der Waals surface area contributed by atoms with E-state index < -0.39 is 16.5 Å². The second kappa shape index (κ2) is 21.1. The van der Waals surface area contributed by atoms with E-state index in [1.54, 1.807) is 12.4 Å². The fourth-order valence-electron chi connectivity index (χ4n) is 6.77. The summed E-state index contributed by atoms with van der Waals surface area (Å²) in [6.07, 6.45) is 3.48. The molecule has 0 fully saturated rings. The van der Waals surface area contributed by atoms with Gasteiger partial charge in [-0.3, -0.25) is 9.98 Å². The van der Waals surface area contributed by atoms with Crippen molar-refractivity contribution in [2.24, 2.45) is 9.98 Å². The Morgan fingerprint density at radius 2 is 0.733 bits per heavy atom. The molecule has 4 rings (SSSR count). The van der Waals surface area contributed by atoms with Gasteiger partial charge in [-0.25, -0.2) is 0 Å².